The van der Waals surface area contributed by atoms with Crippen LogP contribution in [0.3, 0.4) is 0 Å². The molecule has 4 aromatic rings. The van der Waals surface area contributed by atoms with Crippen LogP contribution in [0.5, 0.6) is 0 Å². The lowest BCUT2D eigenvalue weighted by Crippen LogP contribution is -2.29. The summed E-state index contributed by atoms with van der Waals surface area (Å²) in [6, 6.07) is 38.0. The number of hydrogen-bond acceptors (Lipinski definition) is 2. The van der Waals surface area contributed by atoms with Gasteiger partial charge < -0.3 is 5.11 Å². The molecule has 0 fully saturated rings. The summed E-state index contributed by atoms with van der Waals surface area (Å²) in [5, 5.41) is 10.4. The minimum Gasteiger partial charge on any atom is -0.395 e. The highest BCUT2D eigenvalue weighted by Gasteiger charge is 2.18. The number of nitrogens with zero attached hydrogens (tertiary/aromatic N) is 1. The van der Waals surface area contributed by atoms with E-state index in [1.807, 2.05) is 24.3 Å². The molecule has 4 aromatic carbocycles. The minimum absolute atomic E-state index is 0.165. The molecule has 0 bridgehead atoms. The molecule has 0 heterocycles. The third-order valence-electron chi connectivity index (χ3n) is 6.38. The maximum atomic E-state index is 9.67. The molecule has 0 spiro atoms. The molecular formula is C31H32ClNO. The van der Waals surface area contributed by atoms with Crippen LogP contribution in [0.2, 0.25) is 5.02 Å². The van der Waals surface area contributed by atoms with Gasteiger partial charge in [0.25, 0.3) is 0 Å². The van der Waals surface area contributed by atoms with Crippen LogP contribution in [0.4, 0.5) is 0 Å². The van der Waals surface area contributed by atoms with Crippen molar-refractivity contribution < 1.29 is 5.11 Å². The van der Waals surface area contributed by atoms with E-state index in [0.717, 1.165) is 36.5 Å². The third-order valence-corrected chi connectivity index (χ3v) is 6.71. The van der Waals surface area contributed by atoms with Crippen molar-refractivity contribution in [3.8, 4) is 11.1 Å². The Morgan fingerprint density at radius 3 is 2.00 bits per heavy atom. The molecular weight excluding hydrogens is 438 g/mol. The molecule has 0 radical (unpaired) electrons. The number of halogens is 1. The van der Waals surface area contributed by atoms with Crippen LogP contribution in [0.25, 0.3) is 11.1 Å². The number of rotatable bonds is 11. The van der Waals surface area contributed by atoms with Crippen molar-refractivity contribution in [1.29, 1.82) is 0 Å². The predicted molar refractivity (Wildman–Crippen MR) is 143 cm³/mol. The van der Waals surface area contributed by atoms with E-state index in [0.29, 0.717) is 12.5 Å². The Hall–Kier alpha value is -2.91. The Kier molecular flexibility index (Phi) is 8.92. The summed E-state index contributed by atoms with van der Waals surface area (Å²) in [6.07, 6.45) is 1.94. The molecule has 4 rings (SSSR count). The standard InChI is InChI=1S/C31H32ClNO/c32-31-18-10-9-17-30(31)29-16-8-7-15-28(29)23-27(26-13-5-2-6-14-26)19-20-33(21-22-34)24-25-11-3-1-4-12-25/h1-18,27,34H,19-24H2/t27-/m0/s1. The maximum absolute atomic E-state index is 9.67. The van der Waals surface area contributed by atoms with Crippen molar-refractivity contribution in [2.45, 2.75) is 25.3 Å². The van der Waals surface area contributed by atoms with E-state index < -0.39 is 0 Å². The van der Waals surface area contributed by atoms with Gasteiger partial charge in [-0.2, -0.15) is 0 Å². The number of hydrogen-bond donors (Lipinski definition) is 1. The summed E-state index contributed by atoms with van der Waals surface area (Å²) in [4.78, 5) is 2.35. The van der Waals surface area contributed by atoms with Crippen LogP contribution in [-0.4, -0.2) is 29.7 Å². The lowest BCUT2D eigenvalue weighted by atomic mass is 9.86. The maximum Gasteiger partial charge on any atom is 0.0558 e. The van der Waals surface area contributed by atoms with Gasteiger partial charge in [-0.05, 0) is 53.6 Å². The van der Waals surface area contributed by atoms with Crippen molar-refractivity contribution in [2.75, 3.05) is 19.7 Å². The SMILES string of the molecule is OCCN(CC[C@@H](Cc1ccccc1-c1ccccc1Cl)c1ccccc1)Cc1ccccc1. The number of aliphatic hydroxyl groups excluding tert-OH is 1. The second-order valence-corrected chi connectivity index (χ2v) is 9.13. The largest absolute Gasteiger partial charge is 0.395 e. The van der Waals surface area contributed by atoms with Gasteiger partial charge in [-0.1, -0.05) is 115 Å². The molecule has 2 nitrogen and oxygen atoms in total. The summed E-state index contributed by atoms with van der Waals surface area (Å²) in [6.45, 7) is 2.60. The Labute approximate surface area is 208 Å². The smallest absolute Gasteiger partial charge is 0.0558 e. The first-order chi connectivity index (χ1) is 16.7. The van der Waals surface area contributed by atoms with E-state index >= 15 is 0 Å². The van der Waals surface area contributed by atoms with Gasteiger partial charge in [0.2, 0.25) is 0 Å². The summed E-state index contributed by atoms with van der Waals surface area (Å²) in [5.41, 5.74) is 6.21. The average Bonchev–Trinajstić information content (AvgIpc) is 2.88. The second-order valence-electron chi connectivity index (χ2n) is 8.72. The minimum atomic E-state index is 0.165. The van der Waals surface area contributed by atoms with Gasteiger partial charge in [0.1, 0.15) is 0 Å². The first kappa shape index (κ1) is 24.2. The number of aliphatic hydroxyl groups is 1. The zero-order valence-corrected chi connectivity index (χ0v) is 20.2. The van der Waals surface area contributed by atoms with Gasteiger partial charge in [0.05, 0.1) is 6.61 Å². The van der Waals surface area contributed by atoms with Crippen molar-refractivity contribution in [2.24, 2.45) is 0 Å². The molecule has 174 valence electrons. The fourth-order valence-corrected chi connectivity index (χ4v) is 4.85. The summed E-state index contributed by atoms with van der Waals surface area (Å²) in [5.74, 6) is 0.363. The Balaban J connectivity index is 1.57. The van der Waals surface area contributed by atoms with Crippen molar-refractivity contribution >= 4 is 11.6 Å². The molecule has 0 aliphatic heterocycles. The van der Waals surface area contributed by atoms with Gasteiger partial charge in [-0.15, -0.1) is 0 Å². The molecule has 3 heteroatoms. The highest BCUT2D eigenvalue weighted by molar-refractivity contribution is 6.33. The van der Waals surface area contributed by atoms with Crippen LogP contribution in [-0.2, 0) is 13.0 Å². The van der Waals surface area contributed by atoms with E-state index in [1.165, 1.54) is 22.3 Å². The topological polar surface area (TPSA) is 23.5 Å². The highest BCUT2D eigenvalue weighted by Crippen LogP contribution is 2.34. The van der Waals surface area contributed by atoms with Crippen LogP contribution in [0.1, 0.15) is 29.0 Å². The van der Waals surface area contributed by atoms with Crippen molar-refractivity contribution in [3.63, 3.8) is 0 Å². The van der Waals surface area contributed by atoms with E-state index in [2.05, 4.69) is 89.8 Å². The van der Waals surface area contributed by atoms with Crippen LogP contribution in [0.15, 0.2) is 109 Å². The van der Waals surface area contributed by atoms with Gasteiger partial charge in [0, 0.05) is 23.7 Å². The van der Waals surface area contributed by atoms with E-state index in [4.69, 9.17) is 11.6 Å². The molecule has 34 heavy (non-hydrogen) atoms. The Bertz CT molecular complexity index is 1150. The molecule has 0 saturated carbocycles. The quantitative estimate of drug-likeness (QED) is 0.250. The number of benzene rings is 4. The van der Waals surface area contributed by atoms with E-state index in [9.17, 15) is 5.11 Å². The molecule has 0 unspecified atom stereocenters. The lowest BCUT2D eigenvalue weighted by Gasteiger charge is -2.26. The van der Waals surface area contributed by atoms with E-state index in [1.54, 1.807) is 0 Å². The summed E-state index contributed by atoms with van der Waals surface area (Å²) in [7, 11) is 0. The fourth-order valence-electron chi connectivity index (χ4n) is 4.61. The van der Waals surface area contributed by atoms with E-state index in [-0.39, 0.29) is 6.61 Å². The Morgan fingerprint density at radius 2 is 1.29 bits per heavy atom. The van der Waals surface area contributed by atoms with Gasteiger partial charge in [-0.25, -0.2) is 0 Å². The summed E-state index contributed by atoms with van der Waals surface area (Å²) >= 11 is 6.57. The van der Waals surface area contributed by atoms with Crippen molar-refractivity contribution in [3.05, 3.63) is 131 Å². The zero-order chi connectivity index (χ0) is 23.6. The average molecular weight is 470 g/mol. The monoisotopic (exact) mass is 469 g/mol. The third kappa shape index (κ3) is 6.57. The predicted octanol–water partition coefficient (Wildman–Crippen LogP) is 7.22. The fraction of sp³-hybridized carbons (Fsp3) is 0.226. The molecule has 1 N–H and O–H groups in total. The molecule has 0 saturated heterocycles. The molecule has 1 atom stereocenters. The normalized spacial score (nSPS) is 12.1. The lowest BCUT2D eigenvalue weighted by molar-refractivity contribution is 0.185. The molecule has 0 amide bonds. The van der Waals surface area contributed by atoms with Crippen LogP contribution < -0.4 is 0 Å². The Morgan fingerprint density at radius 1 is 0.676 bits per heavy atom. The first-order valence-corrected chi connectivity index (χ1v) is 12.4. The van der Waals surface area contributed by atoms with Gasteiger partial charge in [0.15, 0.2) is 0 Å². The van der Waals surface area contributed by atoms with Crippen LogP contribution in [0, 0.1) is 0 Å². The zero-order valence-electron chi connectivity index (χ0n) is 19.5. The second kappa shape index (κ2) is 12.5. The van der Waals surface area contributed by atoms with Gasteiger partial charge in [-0.3, -0.25) is 4.90 Å². The van der Waals surface area contributed by atoms with Gasteiger partial charge >= 0.3 is 0 Å². The highest BCUT2D eigenvalue weighted by atomic mass is 35.5. The first-order valence-electron chi connectivity index (χ1n) is 12.0. The molecule has 0 aromatic heterocycles. The molecule has 0 aliphatic carbocycles. The van der Waals surface area contributed by atoms with Crippen molar-refractivity contribution in [1.82, 2.24) is 4.90 Å². The van der Waals surface area contributed by atoms with Crippen LogP contribution >= 0.6 is 11.6 Å². The molecule has 0 aliphatic rings. The summed E-state index contributed by atoms with van der Waals surface area (Å²) < 4.78 is 0.